The molecule has 1 aromatic heterocycles. The monoisotopic (exact) mass is 363 g/mol. The van der Waals surface area contributed by atoms with Crippen molar-refractivity contribution in [3.63, 3.8) is 0 Å². The van der Waals surface area contributed by atoms with Gasteiger partial charge in [0.25, 0.3) is 0 Å². The number of rotatable bonds is 1. The van der Waals surface area contributed by atoms with Crippen molar-refractivity contribution >= 4 is 5.57 Å². The zero-order valence-corrected chi connectivity index (χ0v) is 16.3. The fourth-order valence-corrected chi connectivity index (χ4v) is 7.59. The summed E-state index contributed by atoms with van der Waals surface area (Å²) in [6.45, 7) is 4.92. The van der Waals surface area contributed by atoms with E-state index in [1.807, 2.05) is 18.5 Å². The maximum atomic E-state index is 10.3. The summed E-state index contributed by atoms with van der Waals surface area (Å²) in [7, 11) is 0. The third kappa shape index (κ3) is 1.92. The number of aromatic nitrogens is 1. The average Bonchev–Trinajstić information content (AvgIpc) is 3.24. The van der Waals surface area contributed by atoms with Crippen molar-refractivity contribution in [3.05, 3.63) is 47.8 Å². The Kier molecular flexibility index (Phi) is 3.13. The van der Waals surface area contributed by atoms with Crippen LogP contribution in [0.2, 0.25) is 0 Å². The van der Waals surface area contributed by atoms with Crippen LogP contribution in [0.3, 0.4) is 0 Å². The Hall–Kier alpha value is -1.45. The molecule has 3 saturated carbocycles. The van der Waals surface area contributed by atoms with Crippen LogP contribution in [0.4, 0.5) is 0 Å². The number of aliphatic hydroxyl groups is 1. The summed E-state index contributed by atoms with van der Waals surface area (Å²) < 4.78 is 6.41. The number of aliphatic hydroxyl groups excluding tert-OH is 1. The number of pyridine rings is 1. The molecule has 4 aliphatic carbocycles. The number of allylic oxidation sites excluding steroid dienone is 4. The van der Waals surface area contributed by atoms with Gasteiger partial charge in [0.1, 0.15) is 5.60 Å². The Labute approximate surface area is 161 Å². The van der Waals surface area contributed by atoms with Gasteiger partial charge in [-0.25, -0.2) is 0 Å². The number of ether oxygens (including phenoxy) is 1. The van der Waals surface area contributed by atoms with Gasteiger partial charge in [0.2, 0.25) is 0 Å². The van der Waals surface area contributed by atoms with Gasteiger partial charge in [0.15, 0.2) is 0 Å². The maximum Gasteiger partial charge on any atom is 0.103 e. The zero-order chi connectivity index (χ0) is 18.4. The van der Waals surface area contributed by atoms with E-state index in [0.717, 1.165) is 25.7 Å². The first kappa shape index (κ1) is 16.5. The van der Waals surface area contributed by atoms with E-state index in [4.69, 9.17) is 4.74 Å². The van der Waals surface area contributed by atoms with Crippen molar-refractivity contribution in [2.24, 2.45) is 22.7 Å². The lowest BCUT2D eigenvalue weighted by atomic mass is 9.46. The van der Waals surface area contributed by atoms with Crippen molar-refractivity contribution in [2.75, 3.05) is 0 Å². The molecule has 0 aromatic carbocycles. The number of hydrogen-bond acceptors (Lipinski definition) is 3. The molecule has 1 aliphatic heterocycles. The largest absolute Gasteiger partial charge is 0.393 e. The van der Waals surface area contributed by atoms with Gasteiger partial charge in [0.05, 0.1) is 12.2 Å². The van der Waals surface area contributed by atoms with Crippen LogP contribution in [0.5, 0.6) is 0 Å². The molecule has 3 unspecified atom stereocenters. The summed E-state index contributed by atoms with van der Waals surface area (Å²) >= 11 is 0. The second-order valence-corrected chi connectivity index (χ2v) is 10.1. The molecule has 4 fully saturated rings. The summed E-state index contributed by atoms with van der Waals surface area (Å²) in [5.74, 6) is 1.31. The molecule has 142 valence electrons. The lowest BCUT2D eigenvalue weighted by Gasteiger charge is -2.57. The molecule has 1 spiro atoms. The average molecular weight is 364 g/mol. The van der Waals surface area contributed by atoms with Crippen molar-refractivity contribution in [1.82, 2.24) is 4.98 Å². The predicted molar refractivity (Wildman–Crippen MR) is 105 cm³/mol. The van der Waals surface area contributed by atoms with Gasteiger partial charge in [-0.05, 0) is 61.1 Å². The van der Waals surface area contributed by atoms with Crippen LogP contribution in [0.25, 0.3) is 5.57 Å². The van der Waals surface area contributed by atoms with Crippen LogP contribution in [0.1, 0.15) is 57.9 Å². The van der Waals surface area contributed by atoms with Crippen LogP contribution < -0.4 is 0 Å². The summed E-state index contributed by atoms with van der Waals surface area (Å²) in [5, 5.41) is 10.3. The molecular formula is C24H29NO2. The third-order valence-electron chi connectivity index (χ3n) is 9.08. The molecule has 0 bridgehead atoms. The third-order valence-corrected chi connectivity index (χ3v) is 9.08. The molecule has 27 heavy (non-hydrogen) atoms. The van der Waals surface area contributed by atoms with E-state index in [0.29, 0.717) is 17.9 Å². The van der Waals surface area contributed by atoms with E-state index in [-0.39, 0.29) is 22.5 Å². The topological polar surface area (TPSA) is 45.6 Å². The van der Waals surface area contributed by atoms with E-state index in [1.165, 1.54) is 24.0 Å². The molecule has 6 rings (SSSR count). The molecule has 3 nitrogen and oxygen atoms in total. The number of hydrogen-bond donors (Lipinski definition) is 1. The zero-order valence-electron chi connectivity index (χ0n) is 16.3. The minimum atomic E-state index is -0.168. The van der Waals surface area contributed by atoms with E-state index >= 15 is 0 Å². The molecular weight excluding hydrogens is 334 g/mol. The Balaban J connectivity index is 1.36. The smallest absolute Gasteiger partial charge is 0.103 e. The van der Waals surface area contributed by atoms with E-state index in [1.54, 1.807) is 5.57 Å². The Morgan fingerprint density at radius 1 is 1.19 bits per heavy atom. The van der Waals surface area contributed by atoms with Gasteiger partial charge in [-0.2, -0.15) is 0 Å². The predicted octanol–water partition coefficient (Wildman–Crippen LogP) is 4.53. The van der Waals surface area contributed by atoms with Crippen molar-refractivity contribution in [1.29, 1.82) is 0 Å². The normalized spacial score (nSPS) is 49.9. The minimum Gasteiger partial charge on any atom is -0.393 e. The van der Waals surface area contributed by atoms with Crippen LogP contribution in [0.15, 0.2) is 42.3 Å². The van der Waals surface area contributed by atoms with Crippen molar-refractivity contribution < 1.29 is 9.84 Å². The van der Waals surface area contributed by atoms with E-state index < -0.39 is 0 Å². The summed E-state index contributed by atoms with van der Waals surface area (Å²) in [4.78, 5) is 4.36. The molecule has 5 aliphatic rings. The maximum absolute atomic E-state index is 10.3. The number of fused-ring (bicyclic) bond motifs is 4. The molecule has 2 heterocycles. The molecule has 7 atom stereocenters. The second kappa shape index (κ2) is 5.12. The first-order chi connectivity index (χ1) is 13.0. The summed E-state index contributed by atoms with van der Waals surface area (Å²) in [6, 6.07) is 4.25. The molecule has 0 amide bonds. The molecule has 1 aromatic rings. The lowest BCUT2D eigenvalue weighted by molar-refractivity contribution is -0.0709. The van der Waals surface area contributed by atoms with Crippen LogP contribution in [0, 0.1) is 22.7 Å². The first-order valence-corrected chi connectivity index (χ1v) is 10.7. The van der Waals surface area contributed by atoms with Crippen molar-refractivity contribution in [2.45, 2.75) is 70.2 Å². The van der Waals surface area contributed by atoms with E-state index in [9.17, 15) is 5.11 Å². The van der Waals surface area contributed by atoms with Crippen molar-refractivity contribution in [3.8, 4) is 0 Å². The van der Waals surface area contributed by atoms with Gasteiger partial charge < -0.3 is 9.84 Å². The Morgan fingerprint density at radius 2 is 2.07 bits per heavy atom. The number of nitrogens with zero attached hydrogens (tertiary/aromatic N) is 1. The number of epoxide rings is 1. The second-order valence-electron chi connectivity index (χ2n) is 10.1. The quantitative estimate of drug-likeness (QED) is 0.746. The SMILES string of the molecule is C[C@]12CCC3C(CC4O[C@]45C[C@@H](O)CC[C@]35C)C1=CC=C2c1cccnc1. The molecule has 1 N–H and O–H groups in total. The Bertz CT molecular complexity index is 860. The van der Waals surface area contributed by atoms with Crippen LogP contribution in [-0.2, 0) is 4.74 Å². The minimum absolute atomic E-state index is 0.0294. The molecule has 3 heteroatoms. The van der Waals surface area contributed by atoms with Gasteiger partial charge >= 0.3 is 0 Å². The van der Waals surface area contributed by atoms with Gasteiger partial charge in [0, 0.05) is 29.6 Å². The van der Waals surface area contributed by atoms with Gasteiger partial charge in [-0.3, -0.25) is 4.98 Å². The molecule has 0 radical (unpaired) electrons. The highest BCUT2D eigenvalue weighted by Gasteiger charge is 2.75. The van der Waals surface area contributed by atoms with Gasteiger partial charge in [-0.15, -0.1) is 0 Å². The lowest BCUT2D eigenvalue weighted by Crippen LogP contribution is -2.56. The van der Waals surface area contributed by atoms with Crippen LogP contribution >= 0.6 is 0 Å². The first-order valence-electron chi connectivity index (χ1n) is 10.7. The highest BCUT2D eigenvalue weighted by molar-refractivity contribution is 5.78. The summed E-state index contributed by atoms with van der Waals surface area (Å²) in [5.41, 5.74) is 4.68. The fourth-order valence-electron chi connectivity index (χ4n) is 7.59. The summed E-state index contributed by atoms with van der Waals surface area (Å²) in [6.07, 6.45) is 15.4. The van der Waals surface area contributed by atoms with Crippen LogP contribution in [-0.4, -0.2) is 27.9 Å². The van der Waals surface area contributed by atoms with E-state index in [2.05, 4.69) is 37.0 Å². The fraction of sp³-hybridized carbons (Fsp3) is 0.625. The molecule has 1 saturated heterocycles. The Morgan fingerprint density at radius 3 is 2.89 bits per heavy atom. The highest BCUT2D eigenvalue weighted by Crippen LogP contribution is 2.73. The van der Waals surface area contributed by atoms with Gasteiger partial charge in [-0.1, -0.05) is 37.6 Å². The highest BCUT2D eigenvalue weighted by atomic mass is 16.6. The standard InChI is InChI=1S/C24H29NO2/c1-22-9-8-20-17(19(22)6-5-18(22)15-4-3-11-25-14-15)12-21-24(27-21)13-16(26)7-10-23(20,24)2/h3-6,11,14,16-17,20-21,26H,7-10,12-13H2,1-2H3/t16-,17?,20?,21?,22+,23+,24+/m0/s1.